The fraction of sp³-hybridized carbons (Fsp3) is 0.619. The Morgan fingerprint density at radius 1 is 0.955 bits per heavy atom. The highest BCUT2D eigenvalue weighted by molar-refractivity contribution is 5.64. The van der Waals surface area contributed by atoms with E-state index in [1.165, 1.54) is 11.1 Å². The van der Waals surface area contributed by atoms with Crippen molar-refractivity contribution in [3.63, 3.8) is 0 Å². The summed E-state index contributed by atoms with van der Waals surface area (Å²) in [6.07, 6.45) is 0. The van der Waals surface area contributed by atoms with Gasteiger partial charge in [-0.1, -0.05) is 65.8 Å². The van der Waals surface area contributed by atoms with Crippen molar-refractivity contribution in [3.8, 4) is 5.75 Å². The highest BCUT2D eigenvalue weighted by atomic mass is 16.5. The molecule has 0 N–H and O–H groups in total. The molecule has 0 aliphatic heterocycles. The number of methoxy groups -OCH3 is 1. The number of hydrogen-bond donors (Lipinski definition) is 0. The van der Waals surface area contributed by atoms with E-state index in [9.17, 15) is 0 Å². The number of hydrogen-bond acceptors (Lipinski definition) is 1. The van der Waals surface area contributed by atoms with Crippen LogP contribution in [0.3, 0.4) is 0 Å². The normalized spacial score (nSPS) is 54.7. The molecule has 0 heterocycles. The monoisotopic (exact) mass is 296 g/mol. The average Bonchev–Trinajstić information content (AvgIpc) is 2.80. The van der Waals surface area contributed by atoms with Crippen LogP contribution in [0.2, 0.25) is 0 Å². The largest absolute Gasteiger partial charge is 0.497 e. The predicted octanol–water partition coefficient (Wildman–Crippen LogP) is 5.21. The SMILES string of the molecule is C=C1C2(C)C3(C)[C@@]2(C)[C@H](C)[C@@]1(C)[C@]3(C)c1ccc(OC)cc1. The lowest BCUT2D eigenvalue weighted by Crippen LogP contribution is -2.41. The Kier molecular flexibility index (Phi) is 2.17. The van der Waals surface area contributed by atoms with E-state index in [1.807, 2.05) is 0 Å². The average molecular weight is 296 g/mol. The highest BCUT2D eigenvalue weighted by Crippen LogP contribution is 3.04. The van der Waals surface area contributed by atoms with Gasteiger partial charge in [0, 0.05) is 16.2 Å². The molecule has 4 bridgehead atoms. The van der Waals surface area contributed by atoms with Gasteiger partial charge in [0.05, 0.1) is 7.11 Å². The summed E-state index contributed by atoms with van der Waals surface area (Å²) >= 11 is 0. The Morgan fingerprint density at radius 2 is 1.50 bits per heavy atom. The zero-order valence-corrected chi connectivity index (χ0v) is 15.0. The van der Waals surface area contributed by atoms with Gasteiger partial charge in [-0.2, -0.15) is 0 Å². The maximum Gasteiger partial charge on any atom is 0.118 e. The molecule has 1 nitrogen and oxygen atoms in total. The van der Waals surface area contributed by atoms with Gasteiger partial charge in [-0.25, -0.2) is 0 Å². The van der Waals surface area contributed by atoms with Crippen LogP contribution in [0.1, 0.15) is 47.1 Å². The Bertz CT molecular complexity index is 703. The van der Waals surface area contributed by atoms with Gasteiger partial charge in [-0.05, 0) is 34.4 Å². The third-order valence-corrected chi connectivity index (χ3v) is 9.68. The maximum atomic E-state index is 5.35. The lowest BCUT2D eigenvalue weighted by molar-refractivity contribution is 0.167. The first-order chi connectivity index (χ1) is 10.1. The van der Waals surface area contributed by atoms with Crippen molar-refractivity contribution in [2.24, 2.45) is 27.6 Å². The Morgan fingerprint density at radius 3 is 1.82 bits per heavy atom. The van der Waals surface area contributed by atoms with E-state index in [2.05, 4.69) is 72.4 Å². The van der Waals surface area contributed by atoms with Gasteiger partial charge < -0.3 is 4.74 Å². The molecule has 0 saturated heterocycles. The topological polar surface area (TPSA) is 9.23 Å². The van der Waals surface area contributed by atoms with Gasteiger partial charge >= 0.3 is 0 Å². The fourth-order valence-electron chi connectivity index (χ4n) is 7.78. The lowest BCUT2D eigenvalue weighted by atomic mass is 9.59. The minimum absolute atomic E-state index is 0.131. The standard InChI is InChI=1S/C21H28O/c1-13-17(3)14(2)19(5)18(13,4)21(19,7)20(17,6)15-9-11-16(22-8)12-10-15/h9-12,14H,1H2,2-8H3/t14-,17+,18?,19+,20+,21?/m1/s1. The van der Waals surface area contributed by atoms with Crippen molar-refractivity contribution in [2.45, 2.75) is 47.0 Å². The van der Waals surface area contributed by atoms with Crippen LogP contribution in [0.4, 0.5) is 0 Å². The zero-order valence-electron chi connectivity index (χ0n) is 15.0. The Balaban J connectivity index is 1.98. The van der Waals surface area contributed by atoms with Crippen molar-refractivity contribution >= 4 is 0 Å². The van der Waals surface area contributed by atoms with Crippen molar-refractivity contribution < 1.29 is 4.74 Å². The third-order valence-electron chi connectivity index (χ3n) is 9.68. The summed E-state index contributed by atoms with van der Waals surface area (Å²) in [7, 11) is 1.73. The molecule has 6 atom stereocenters. The van der Waals surface area contributed by atoms with Crippen LogP contribution in [0.25, 0.3) is 0 Å². The number of ether oxygens (including phenoxy) is 1. The Labute approximate surface area is 134 Å². The molecule has 1 heteroatoms. The highest BCUT2D eigenvalue weighted by Gasteiger charge is 3.01. The summed E-state index contributed by atoms with van der Waals surface area (Å²) in [5.41, 5.74) is 4.13. The van der Waals surface area contributed by atoms with Crippen LogP contribution >= 0.6 is 0 Å². The van der Waals surface area contributed by atoms with E-state index >= 15 is 0 Å². The molecule has 0 spiro atoms. The van der Waals surface area contributed by atoms with Gasteiger partial charge in [0.1, 0.15) is 5.75 Å². The summed E-state index contributed by atoms with van der Waals surface area (Å²) in [6.45, 7) is 19.5. The van der Waals surface area contributed by atoms with E-state index in [4.69, 9.17) is 4.74 Å². The fourth-order valence-corrected chi connectivity index (χ4v) is 7.78. The minimum atomic E-state index is 0.131. The number of rotatable bonds is 2. The lowest BCUT2D eigenvalue weighted by Gasteiger charge is -2.44. The van der Waals surface area contributed by atoms with Crippen LogP contribution < -0.4 is 4.74 Å². The molecule has 2 unspecified atom stereocenters. The van der Waals surface area contributed by atoms with Gasteiger partial charge in [-0.3, -0.25) is 0 Å². The molecule has 4 aliphatic rings. The first kappa shape index (κ1) is 14.4. The molecule has 0 amide bonds. The molecule has 4 saturated carbocycles. The number of benzene rings is 1. The van der Waals surface area contributed by atoms with Gasteiger partial charge in [0.15, 0.2) is 0 Å². The van der Waals surface area contributed by atoms with Crippen LogP contribution in [-0.2, 0) is 5.41 Å². The quantitative estimate of drug-likeness (QED) is 0.681. The minimum Gasteiger partial charge on any atom is -0.497 e. The first-order valence-corrected chi connectivity index (χ1v) is 8.44. The van der Waals surface area contributed by atoms with E-state index in [1.54, 1.807) is 7.11 Å². The van der Waals surface area contributed by atoms with E-state index in [0.717, 1.165) is 5.75 Å². The molecule has 1 aromatic carbocycles. The molecule has 4 aliphatic carbocycles. The Hall–Kier alpha value is -1.24. The maximum absolute atomic E-state index is 5.35. The predicted molar refractivity (Wildman–Crippen MR) is 91.1 cm³/mol. The summed E-state index contributed by atoms with van der Waals surface area (Å²) in [4.78, 5) is 0. The second-order valence-electron chi connectivity index (χ2n) is 8.71. The molecule has 5 rings (SSSR count). The van der Waals surface area contributed by atoms with Gasteiger partial charge in [0.25, 0.3) is 0 Å². The molecule has 1 aromatic rings. The second kappa shape index (κ2) is 3.32. The van der Waals surface area contributed by atoms with E-state index < -0.39 is 0 Å². The van der Waals surface area contributed by atoms with Crippen LogP contribution in [0.5, 0.6) is 5.75 Å². The summed E-state index contributed by atoms with van der Waals surface area (Å²) in [6, 6.07) is 8.77. The van der Waals surface area contributed by atoms with Crippen molar-refractivity contribution in [1.29, 1.82) is 0 Å². The zero-order chi connectivity index (χ0) is 16.3. The molecule has 0 radical (unpaired) electrons. The summed E-state index contributed by atoms with van der Waals surface area (Å²) < 4.78 is 5.35. The molecule has 118 valence electrons. The van der Waals surface area contributed by atoms with Crippen molar-refractivity contribution in [1.82, 2.24) is 0 Å². The smallest absolute Gasteiger partial charge is 0.118 e. The summed E-state index contributed by atoms with van der Waals surface area (Å²) in [5, 5.41) is 0. The van der Waals surface area contributed by atoms with E-state index in [0.29, 0.717) is 11.3 Å². The molecule has 4 fully saturated rings. The third kappa shape index (κ3) is 0.843. The van der Waals surface area contributed by atoms with Crippen molar-refractivity contribution in [3.05, 3.63) is 42.0 Å². The van der Waals surface area contributed by atoms with E-state index in [-0.39, 0.29) is 21.7 Å². The molecular weight excluding hydrogens is 268 g/mol. The van der Waals surface area contributed by atoms with Crippen LogP contribution in [0, 0.1) is 27.6 Å². The molecule has 0 aromatic heterocycles. The molecule has 22 heavy (non-hydrogen) atoms. The number of allylic oxidation sites excluding steroid dienone is 1. The first-order valence-electron chi connectivity index (χ1n) is 8.44. The van der Waals surface area contributed by atoms with Crippen molar-refractivity contribution in [2.75, 3.05) is 7.11 Å². The molecular formula is C21H28O. The van der Waals surface area contributed by atoms with Gasteiger partial charge in [-0.15, -0.1) is 0 Å². The van der Waals surface area contributed by atoms with Crippen LogP contribution in [0.15, 0.2) is 36.4 Å². The van der Waals surface area contributed by atoms with Crippen LogP contribution in [-0.4, -0.2) is 7.11 Å². The van der Waals surface area contributed by atoms with Gasteiger partial charge in [0.2, 0.25) is 0 Å². The second-order valence-corrected chi connectivity index (χ2v) is 8.71. The summed E-state index contributed by atoms with van der Waals surface area (Å²) in [5.74, 6) is 1.60.